The molecule has 3 heterocycles. The fourth-order valence-electron chi connectivity index (χ4n) is 5.38. The Hall–Kier alpha value is -3.48. The summed E-state index contributed by atoms with van der Waals surface area (Å²) in [5.41, 5.74) is 0.837. The number of carbonyl (C=O) groups excluding carboxylic acids is 3. The van der Waals surface area contributed by atoms with E-state index < -0.39 is 33.4 Å². The number of hydrogen-bond acceptors (Lipinski definition) is 7. The smallest absolute Gasteiger partial charge is 0.330 e. The number of sulfone groups is 1. The van der Waals surface area contributed by atoms with Crippen LogP contribution in [0.5, 0.6) is 0 Å². The summed E-state index contributed by atoms with van der Waals surface area (Å²) in [5, 5.41) is 4.55. The summed E-state index contributed by atoms with van der Waals surface area (Å²) in [6.45, 7) is 2.59. The summed E-state index contributed by atoms with van der Waals surface area (Å²) in [6, 6.07) is 8.31. The molecule has 1 saturated heterocycles. The van der Waals surface area contributed by atoms with Gasteiger partial charge in [-0.15, -0.1) is 0 Å². The van der Waals surface area contributed by atoms with E-state index in [1.807, 2.05) is 0 Å². The minimum Gasteiger partial charge on any atom is -0.375 e. The lowest BCUT2D eigenvalue weighted by molar-refractivity contribution is -0.137. The maximum Gasteiger partial charge on any atom is 0.330 e. The molecule has 3 aromatic rings. The van der Waals surface area contributed by atoms with E-state index >= 15 is 0 Å². The van der Waals surface area contributed by atoms with Crippen LogP contribution in [-0.4, -0.2) is 90.3 Å². The van der Waals surface area contributed by atoms with E-state index in [9.17, 15) is 22.8 Å². The second kappa shape index (κ2) is 11.2. The quantitative estimate of drug-likeness (QED) is 0.428. The Morgan fingerprint density at radius 3 is 2.55 bits per heavy atom. The molecule has 2 aromatic carbocycles. The molecule has 2 aliphatic rings. The van der Waals surface area contributed by atoms with Gasteiger partial charge < -0.3 is 19.9 Å². The Morgan fingerprint density at radius 2 is 1.85 bits per heavy atom. The molecule has 1 N–H and O–H groups in total. The fourth-order valence-corrected chi connectivity index (χ4v) is 7.00. The number of ether oxygens (including phenoxy) is 1. The molecule has 1 atom stereocenters. The van der Waals surface area contributed by atoms with Gasteiger partial charge in [0.2, 0.25) is 11.8 Å². The number of piperidine rings is 1. The molecule has 13 heteroatoms. The van der Waals surface area contributed by atoms with E-state index in [0.29, 0.717) is 48.7 Å². The maximum atomic E-state index is 13.6. The van der Waals surface area contributed by atoms with Crippen LogP contribution in [0.15, 0.2) is 47.5 Å². The third-order valence-corrected chi connectivity index (χ3v) is 9.40. The van der Waals surface area contributed by atoms with Crippen LogP contribution in [0.3, 0.4) is 0 Å². The number of fused-ring (bicyclic) bond motifs is 2. The van der Waals surface area contributed by atoms with Gasteiger partial charge in [-0.1, -0.05) is 23.7 Å². The number of nitrogens with one attached hydrogen (secondary N) is 1. The third kappa shape index (κ3) is 5.56. The summed E-state index contributed by atoms with van der Waals surface area (Å²) in [6.07, 6.45) is 2.77. The highest BCUT2D eigenvalue weighted by molar-refractivity contribution is 7.91. The SMILES string of the molecule is COCC(=O)N[C@H](CS(=O)(=O)c1ccc2cc(Cl)ccc2c1)C(=O)N1CCC(N2Cc3cnc(C)n3C2=O)CC1. The van der Waals surface area contributed by atoms with Gasteiger partial charge in [-0.25, -0.2) is 18.2 Å². The molecule has 40 heavy (non-hydrogen) atoms. The highest BCUT2D eigenvalue weighted by Crippen LogP contribution is 2.27. The first-order valence-electron chi connectivity index (χ1n) is 12.9. The number of aryl methyl sites for hydroxylation is 1. The van der Waals surface area contributed by atoms with Gasteiger partial charge in [-0.3, -0.25) is 14.2 Å². The lowest BCUT2D eigenvalue weighted by Crippen LogP contribution is -2.55. The van der Waals surface area contributed by atoms with E-state index in [0.717, 1.165) is 11.1 Å². The van der Waals surface area contributed by atoms with Crippen molar-refractivity contribution in [2.75, 3.05) is 32.6 Å². The average molecular weight is 588 g/mol. The van der Waals surface area contributed by atoms with Crippen LogP contribution in [0, 0.1) is 6.92 Å². The van der Waals surface area contributed by atoms with Crippen molar-refractivity contribution in [1.29, 1.82) is 0 Å². The molecular formula is C27H30ClN5O6S. The van der Waals surface area contributed by atoms with E-state index in [1.165, 1.54) is 19.2 Å². The van der Waals surface area contributed by atoms with Crippen LogP contribution in [0.2, 0.25) is 5.02 Å². The lowest BCUT2D eigenvalue weighted by atomic mass is 10.0. The van der Waals surface area contributed by atoms with Gasteiger partial charge in [0.1, 0.15) is 18.5 Å². The van der Waals surface area contributed by atoms with Gasteiger partial charge in [0.25, 0.3) is 0 Å². The molecule has 0 saturated carbocycles. The van der Waals surface area contributed by atoms with Crippen LogP contribution in [0.4, 0.5) is 4.79 Å². The molecule has 5 rings (SSSR count). The number of halogens is 1. The summed E-state index contributed by atoms with van der Waals surface area (Å²) < 4.78 is 33.3. The molecule has 0 aliphatic carbocycles. The fraction of sp³-hybridized carbons (Fsp3) is 0.407. The monoisotopic (exact) mass is 587 g/mol. The topological polar surface area (TPSA) is 131 Å². The number of aromatic nitrogens is 2. The normalized spacial score (nSPS) is 16.8. The van der Waals surface area contributed by atoms with E-state index in [-0.39, 0.29) is 23.6 Å². The minimum absolute atomic E-state index is 0.0426. The van der Waals surface area contributed by atoms with E-state index in [4.69, 9.17) is 16.3 Å². The van der Waals surface area contributed by atoms with Gasteiger partial charge in [-0.05, 0) is 54.8 Å². The largest absolute Gasteiger partial charge is 0.375 e. The predicted octanol–water partition coefficient (Wildman–Crippen LogP) is 2.38. The lowest BCUT2D eigenvalue weighted by Gasteiger charge is -2.37. The number of carbonyl (C=O) groups is 3. The summed E-state index contributed by atoms with van der Waals surface area (Å²) in [4.78, 5) is 46.4. The van der Waals surface area contributed by atoms with Gasteiger partial charge in [-0.2, -0.15) is 0 Å². The Kier molecular flexibility index (Phi) is 7.85. The second-order valence-corrected chi connectivity index (χ2v) is 12.6. The predicted molar refractivity (Wildman–Crippen MR) is 148 cm³/mol. The average Bonchev–Trinajstić information content (AvgIpc) is 3.46. The Balaban J connectivity index is 1.29. The van der Waals surface area contributed by atoms with Crippen molar-refractivity contribution in [3.05, 3.63) is 59.1 Å². The summed E-state index contributed by atoms with van der Waals surface area (Å²) in [5.74, 6) is -1.04. The molecule has 212 valence electrons. The van der Waals surface area contributed by atoms with Crippen LogP contribution in [0.1, 0.15) is 24.4 Å². The summed E-state index contributed by atoms with van der Waals surface area (Å²) in [7, 11) is -2.62. The van der Waals surface area contributed by atoms with Crippen molar-refractivity contribution in [3.63, 3.8) is 0 Å². The zero-order valence-electron chi connectivity index (χ0n) is 22.2. The van der Waals surface area contributed by atoms with Crippen molar-refractivity contribution < 1.29 is 27.5 Å². The molecule has 0 radical (unpaired) electrons. The second-order valence-electron chi connectivity index (χ2n) is 10.1. The van der Waals surface area contributed by atoms with Crippen LogP contribution < -0.4 is 5.32 Å². The molecule has 11 nitrogen and oxygen atoms in total. The first-order chi connectivity index (χ1) is 19.1. The number of hydrogen-bond donors (Lipinski definition) is 1. The zero-order valence-corrected chi connectivity index (χ0v) is 23.7. The van der Waals surface area contributed by atoms with Crippen molar-refractivity contribution >= 4 is 50.1 Å². The van der Waals surface area contributed by atoms with Crippen LogP contribution in [-0.2, 0) is 30.7 Å². The zero-order chi connectivity index (χ0) is 28.6. The molecule has 1 fully saturated rings. The standard InChI is InChI=1S/C27H30ClN5O6S/c1-17-29-13-22-14-32(27(36)33(17)22)21-7-9-31(10-8-21)26(35)24(30-25(34)15-39-2)16-40(37,38)23-6-4-18-11-20(28)5-3-19(18)12-23/h3-6,11-13,21,24H,7-10,14-16H2,1-2H3,(H,30,34)/t24-/m1/s1. The van der Waals surface area contributed by atoms with Gasteiger partial charge in [0, 0.05) is 31.3 Å². The maximum absolute atomic E-state index is 13.6. The highest BCUT2D eigenvalue weighted by Gasteiger charge is 2.38. The van der Waals surface area contributed by atoms with Gasteiger partial charge in [0.15, 0.2) is 9.84 Å². The molecule has 0 spiro atoms. The van der Waals surface area contributed by atoms with Crippen molar-refractivity contribution in [1.82, 2.24) is 24.7 Å². The number of benzene rings is 2. The molecule has 0 bridgehead atoms. The van der Waals surface area contributed by atoms with Crippen LogP contribution >= 0.6 is 11.6 Å². The number of nitrogens with zero attached hydrogens (tertiary/aromatic N) is 4. The van der Waals surface area contributed by atoms with Gasteiger partial charge >= 0.3 is 6.03 Å². The molecule has 0 unspecified atom stereocenters. The highest BCUT2D eigenvalue weighted by atomic mass is 35.5. The minimum atomic E-state index is -3.96. The third-order valence-electron chi connectivity index (χ3n) is 7.43. The first-order valence-corrected chi connectivity index (χ1v) is 14.9. The number of methoxy groups -OCH3 is 1. The van der Waals surface area contributed by atoms with E-state index in [2.05, 4.69) is 10.3 Å². The Labute approximate surface area is 237 Å². The molecule has 1 aromatic heterocycles. The van der Waals surface area contributed by atoms with Crippen LogP contribution in [0.25, 0.3) is 10.8 Å². The van der Waals surface area contributed by atoms with E-state index in [1.54, 1.807) is 51.8 Å². The number of imidazole rings is 1. The van der Waals surface area contributed by atoms with Crippen molar-refractivity contribution in [2.45, 2.75) is 43.3 Å². The number of rotatable bonds is 8. The molecule has 2 aliphatic heterocycles. The number of likely N-dealkylation sites (tertiary alicyclic amines) is 1. The Morgan fingerprint density at radius 1 is 1.15 bits per heavy atom. The van der Waals surface area contributed by atoms with Crippen molar-refractivity contribution in [3.8, 4) is 0 Å². The van der Waals surface area contributed by atoms with Crippen molar-refractivity contribution in [2.24, 2.45) is 0 Å². The first kappa shape index (κ1) is 28.1. The molecule has 3 amide bonds. The molecular weight excluding hydrogens is 558 g/mol. The number of amides is 3. The van der Waals surface area contributed by atoms with Gasteiger partial charge in [0.05, 0.1) is 29.1 Å². The Bertz CT molecular complexity index is 1580. The summed E-state index contributed by atoms with van der Waals surface area (Å²) >= 11 is 6.04.